The van der Waals surface area contributed by atoms with Crippen molar-refractivity contribution in [1.82, 2.24) is 9.05 Å². The van der Waals surface area contributed by atoms with Crippen molar-refractivity contribution in [2.45, 2.75) is 27.7 Å². The van der Waals surface area contributed by atoms with E-state index in [2.05, 4.69) is 237 Å². The summed E-state index contributed by atoms with van der Waals surface area (Å²) in [6.45, 7) is 8.88. The molecule has 2 nitrogen and oxygen atoms in total. The highest BCUT2D eigenvalue weighted by molar-refractivity contribution is 6.90. The fraction of sp³-hybridized carbons (Fsp3) is 0.0625. The van der Waals surface area contributed by atoms with Crippen LogP contribution in [0.25, 0.3) is 116 Å². The second kappa shape index (κ2) is 14.2. The van der Waals surface area contributed by atoms with Crippen molar-refractivity contribution < 1.29 is 0 Å². The van der Waals surface area contributed by atoms with Crippen LogP contribution in [-0.2, 0) is 0 Å². The van der Waals surface area contributed by atoms with E-state index in [1.807, 2.05) is 0 Å². The number of aryl methyl sites for hydroxylation is 4. The Hall–Kier alpha value is -8.14. The van der Waals surface area contributed by atoms with Gasteiger partial charge in [0, 0.05) is 49.4 Å². The number of aromatic nitrogens is 2. The van der Waals surface area contributed by atoms with Crippen LogP contribution >= 0.6 is 0 Å². The van der Waals surface area contributed by atoms with Crippen LogP contribution in [0.3, 0.4) is 0 Å². The van der Waals surface area contributed by atoms with Crippen molar-refractivity contribution >= 4 is 61.4 Å². The Kier molecular flexibility index (Phi) is 8.08. The maximum atomic E-state index is 2.73. The number of fused-ring (bicyclic) bond motifs is 10. The third-order valence-electron chi connectivity index (χ3n) is 15.2. The topological polar surface area (TPSA) is 9.86 Å². The average molecular weight is 853 g/mol. The largest absolute Gasteiger partial charge is 0.375 e. The van der Waals surface area contributed by atoms with Gasteiger partial charge in [-0.15, -0.1) is 0 Å². The summed E-state index contributed by atoms with van der Waals surface area (Å²) in [5, 5.41) is 5.13. The van der Waals surface area contributed by atoms with Crippen LogP contribution in [0.2, 0.25) is 0 Å². The van der Waals surface area contributed by atoms with Crippen LogP contribution in [0, 0.1) is 27.7 Å². The maximum absolute atomic E-state index is 2.73. The second-order valence-electron chi connectivity index (χ2n) is 19.0. The average Bonchev–Trinajstić information content (AvgIpc) is 3.87. The van der Waals surface area contributed by atoms with Gasteiger partial charge in [-0.1, -0.05) is 152 Å². The first-order chi connectivity index (χ1) is 32.9. The molecule has 0 bridgehead atoms. The molecule has 67 heavy (non-hydrogen) atoms. The van der Waals surface area contributed by atoms with Gasteiger partial charge >= 0.3 is 6.85 Å². The molecule has 0 N–H and O–H groups in total. The Morgan fingerprint density at radius 2 is 0.791 bits per heavy atom. The predicted molar refractivity (Wildman–Crippen MR) is 286 cm³/mol. The van der Waals surface area contributed by atoms with E-state index in [1.54, 1.807) is 0 Å². The van der Waals surface area contributed by atoms with Gasteiger partial charge in [0.2, 0.25) is 0 Å². The number of benzene rings is 10. The summed E-state index contributed by atoms with van der Waals surface area (Å²) >= 11 is 0. The minimum absolute atomic E-state index is 0.0772. The molecular weight excluding hydrogens is 808 g/mol. The molecule has 2 aromatic heterocycles. The summed E-state index contributed by atoms with van der Waals surface area (Å²) in [6.07, 6.45) is 0. The molecule has 0 spiro atoms. The summed E-state index contributed by atoms with van der Waals surface area (Å²) < 4.78 is 5.37. The molecular formula is C64H45BN2. The predicted octanol–water partition coefficient (Wildman–Crippen LogP) is 15.4. The molecule has 0 unspecified atom stereocenters. The highest BCUT2D eigenvalue weighted by Gasteiger charge is 2.42. The van der Waals surface area contributed by atoms with Gasteiger partial charge < -0.3 is 9.05 Å². The first-order valence-electron chi connectivity index (χ1n) is 23.6. The second-order valence-corrected chi connectivity index (χ2v) is 19.0. The number of rotatable bonds is 5. The zero-order valence-corrected chi connectivity index (χ0v) is 38.0. The summed E-state index contributed by atoms with van der Waals surface area (Å²) in [6, 6.07) is 75.7. The summed E-state index contributed by atoms with van der Waals surface area (Å²) in [5.41, 5.74) is 29.2. The zero-order chi connectivity index (χ0) is 44.7. The lowest BCUT2D eigenvalue weighted by Crippen LogP contribution is -2.55. The molecule has 314 valence electrons. The highest BCUT2D eigenvalue weighted by atomic mass is 15.0. The molecule has 0 aliphatic carbocycles. The molecule has 10 aromatic carbocycles. The summed E-state index contributed by atoms with van der Waals surface area (Å²) in [7, 11) is 0. The van der Waals surface area contributed by atoms with Crippen molar-refractivity contribution in [3.05, 3.63) is 222 Å². The van der Waals surface area contributed by atoms with E-state index in [1.165, 1.54) is 149 Å². The van der Waals surface area contributed by atoms with Crippen molar-refractivity contribution in [3.63, 3.8) is 0 Å². The molecule has 0 atom stereocenters. The molecule has 14 rings (SSSR count). The third kappa shape index (κ3) is 5.40. The Bertz CT molecular complexity index is 4090. The van der Waals surface area contributed by atoms with Gasteiger partial charge in [0.05, 0.1) is 11.0 Å². The van der Waals surface area contributed by atoms with Crippen molar-refractivity contribution in [3.8, 4) is 72.4 Å². The first kappa shape index (κ1) is 38.2. The SMILES string of the molecule is Cc1ccccc1-c1ccc2c(c1)c1cc(-c3ccccc3C)cc3c1n2B1c2c-3cccc2-n2c3c1cc(-c1ccccc1C)cc3c1cc(-c3ccccc3C)cc(-c3ccccc3)c12. The Balaban J connectivity index is 1.17. The van der Waals surface area contributed by atoms with E-state index in [-0.39, 0.29) is 6.85 Å². The van der Waals surface area contributed by atoms with Crippen LogP contribution in [-0.4, -0.2) is 15.9 Å². The normalized spacial score (nSPS) is 12.4. The first-order valence-corrected chi connectivity index (χ1v) is 23.6. The van der Waals surface area contributed by atoms with E-state index in [0.29, 0.717) is 0 Å². The van der Waals surface area contributed by atoms with Gasteiger partial charge in [-0.3, -0.25) is 0 Å². The van der Waals surface area contributed by atoms with Crippen LogP contribution in [0.4, 0.5) is 0 Å². The Labute approximate surface area is 391 Å². The maximum Gasteiger partial charge on any atom is 0.333 e. The van der Waals surface area contributed by atoms with E-state index >= 15 is 0 Å². The lowest BCUT2D eigenvalue weighted by molar-refractivity contribution is 1.18. The van der Waals surface area contributed by atoms with Gasteiger partial charge in [0.15, 0.2) is 0 Å². The molecule has 0 saturated carbocycles. The Morgan fingerprint density at radius 3 is 1.39 bits per heavy atom. The minimum atomic E-state index is -0.0772. The molecule has 2 aliphatic rings. The van der Waals surface area contributed by atoms with Crippen LogP contribution < -0.4 is 10.9 Å². The standard InChI is InChI=1S/C64H45BN2/c1-38-17-8-12-23-47(38)43-29-30-59-53(31-43)55-34-45(49-25-14-10-19-40(49)3)33-54-51-27-16-28-60-61(51)65(67(59)63(54)55)58-37-46(50-26-15-11-20-41(50)4)36-57-56-35-44(48-24-13-9-18-39(48)2)32-52(42-21-6-5-7-22-42)62(56)66(60)64(57)58/h5-37H,1-4H3. The quantitative estimate of drug-likeness (QED) is 0.153. The molecule has 3 heteroatoms. The molecule has 0 amide bonds. The smallest absolute Gasteiger partial charge is 0.333 e. The van der Waals surface area contributed by atoms with Crippen molar-refractivity contribution in [2.24, 2.45) is 0 Å². The van der Waals surface area contributed by atoms with Gasteiger partial charge in [0.25, 0.3) is 0 Å². The number of nitrogens with zero attached hydrogens (tertiary/aromatic N) is 2. The molecule has 4 heterocycles. The van der Waals surface area contributed by atoms with Crippen LogP contribution in [0.5, 0.6) is 0 Å². The van der Waals surface area contributed by atoms with Crippen LogP contribution in [0.15, 0.2) is 200 Å². The monoisotopic (exact) mass is 852 g/mol. The molecule has 0 fully saturated rings. The van der Waals surface area contributed by atoms with Crippen molar-refractivity contribution in [1.29, 1.82) is 0 Å². The Morgan fingerprint density at radius 1 is 0.313 bits per heavy atom. The van der Waals surface area contributed by atoms with Crippen molar-refractivity contribution in [2.75, 3.05) is 0 Å². The summed E-state index contributed by atoms with van der Waals surface area (Å²) in [4.78, 5) is 0. The fourth-order valence-electron chi connectivity index (χ4n) is 12.2. The lowest BCUT2D eigenvalue weighted by atomic mass is 9.45. The van der Waals surface area contributed by atoms with Crippen LogP contribution in [0.1, 0.15) is 22.3 Å². The number of hydrogen-bond acceptors (Lipinski definition) is 0. The fourth-order valence-corrected chi connectivity index (χ4v) is 12.2. The van der Waals surface area contributed by atoms with Gasteiger partial charge in [-0.2, -0.15) is 0 Å². The summed E-state index contributed by atoms with van der Waals surface area (Å²) in [5.74, 6) is 0. The highest BCUT2D eigenvalue weighted by Crippen LogP contribution is 2.48. The van der Waals surface area contributed by atoms with Gasteiger partial charge in [-0.25, -0.2) is 0 Å². The van der Waals surface area contributed by atoms with E-state index < -0.39 is 0 Å². The van der Waals surface area contributed by atoms with E-state index in [4.69, 9.17) is 0 Å². The van der Waals surface area contributed by atoms with E-state index in [0.717, 1.165) is 0 Å². The molecule has 0 radical (unpaired) electrons. The molecule has 0 saturated heterocycles. The van der Waals surface area contributed by atoms with Gasteiger partial charge in [0.1, 0.15) is 0 Å². The minimum Gasteiger partial charge on any atom is -0.375 e. The third-order valence-corrected chi connectivity index (χ3v) is 15.2. The van der Waals surface area contributed by atoms with Gasteiger partial charge in [-0.05, 0) is 165 Å². The molecule has 12 aromatic rings. The molecule has 2 aliphatic heterocycles. The zero-order valence-electron chi connectivity index (χ0n) is 38.0. The lowest BCUT2D eigenvalue weighted by Gasteiger charge is -2.34. The number of hydrogen-bond donors (Lipinski definition) is 0. The van der Waals surface area contributed by atoms with E-state index in [9.17, 15) is 0 Å².